The summed E-state index contributed by atoms with van der Waals surface area (Å²) < 4.78 is 28.9. The van der Waals surface area contributed by atoms with E-state index >= 15 is 0 Å². The van der Waals surface area contributed by atoms with Gasteiger partial charge in [-0.05, 0) is 62.3 Å². The van der Waals surface area contributed by atoms with Crippen LogP contribution in [0.25, 0.3) is 0 Å². The molecule has 5 atom stereocenters. The minimum atomic E-state index is -3.86. The number of aryl methyl sites for hydroxylation is 1. The van der Waals surface area contributed by atoms with E-state index in [1.54, 1.807) is 24.0 Å². The zero-order valence-corrected chi connectivity index (χ0v) is 28.3. The lowest BCUT2D eigenvalue weighted by molar-refractivity contribution is -0.143. The second-order valence-corrected chi connectivity index (χ2v) is 14.0. The molecule has 2 heterocycles. The summed E-state index contributed by atoms with van der Waals surface area (Å²) in [5.41, 5.74) is 8.79. The molecule has 10 nitrogen and oxygen atoms in total. The molecule has 5 N–H and O–H groups in total. The predicted molar refractivity (Wildman–Crippen MR) is 183 cm³/mol. The maximum atomic E-state index is 14.4. The van der Waals surface area contributed by atoms with Crippen molar-refractivity contribution < 1.29 is 22.8 Å². The third-order valence-electron chi connectivity index (χ3n) is 9.16. The molecule has 5 rings (SSSR count). The molecule has 0 spiro atoms. The Kier molecular flexibility index (Phi) is 12.2. The van der Waals surface area contributed by atoms with Gasteiger partial charge in [0.25, 0.3) is 0 Å². The summed E-state index contributed by atoms with van der Waals surface area (Å²) in [6.45, 7) is 3.59. The fourth-order valence-electron chi connectivity index (χ4n) is 6.44. The molecular formula is C35H44ClN5O5S. The summed E-state index contributed by atoms with van der Waals surface area (Å²) in [4.78, 5) is 43.2. The SMILES string of the molecule is CC[C@H](N)C(=O)N[C@@H]1C(=O)N2[C@@H](CC[C@@H]1CNS(=O)(=O)c1ccc(C)cc1)CC[C@H]2C(=O)NC(c1ccccc1)c1ccccc1.Cl. The topological polar surface area (TPSA) is 151 Å². The van der Waals surface area contributed by atoms with Crippen molar-refractivity contribution in [3.63, 3.8) is 0 Å². The van der Waals surface area contributed by atoms with Gasteiger partial charge in [0.05, 0.1) is 17.0 Å². The van der Waals surface area contributed by atoms with Gasteiger partial charge in [0.1, 0.15) is 12.1 Å². The predicted octanol–water partition coefficient (Wildman–Crippen LogP) is 3.59. The van der Waals surface area contributed by atoms with Crippen molar-refractivity contribution in [2.45, 2.75) is 81.1 Å². The maximum absolute atomic E-state index is 14.4. The van der Waals surface area contributed by atoms with E-state index in [-0.39, 0.29) is 35.8 Å². The van der Waals surface area contributed by atoms with Crippen LogP contribution in [0, 0.1) is 12.8 Å². The Bertz CT molecular complexity index is 1590. The average Bonchev–Trinajstić information content (AvgIpc) is 3.45. The van der Waals surface area contributed by atoms with Gasteiger partial charge < -0.3 is 21.3 Å². The van der Waals surface area contributed by atoms with Crippen molar-refractivity contribution in [3.05, 3.63) is 102 Å². The first-order valence-corrected chi connectivity index (χ1v) is 17.4. The van der Waals surface area contributed by atoms with E-state index in [4.69, 9.17) is 5.73 Å². The third kappa shape index (κ3) is 8.39. The number of carbonyl (C=O) groups is 3. The first-order valence-electron chi connectivity index (χ1n) is 15.9. The zero-order chi connectivity index (χ0) is 32.8. The summed E-state index contributed by atoms with van der Waals surface area (Å²) in [6, 6.07) is 22.6. The smallest absolute Gasteiger partial charge is 0.246 e. The van der Waals surface area contributed by atoms with Gasteiger partial charge in [-0.3, -0.25) is 14.4 Å². The molecule has 2 aliphatic heterocycles. The number of nitrogens with zero attached hydrogens (tertiary/aromatic N) is 1. The van der Waals surface area contributed by atoms with Crippen molar-refractivity contribution in [2.24, 2.45) is 11.7 Å². The molecule has 2 saturated heterocycles. The molecule has 0 aliphatic carbocycles. The Morgan fingerprint density at radius 3 is 2.04 bits per heavy atom. The molecule has 3 aromatic carbocycles. The fraction of sp³-hybridized carbons (Fsp3) is 0.400. The van der Waals surface area contributed by atoms with Gasteiger partial charge in [-0.25, -0.2) is 13.1 Å². The first kappa shape index (κ1) is 36.1. The average molecular weight is 682 g/mol. The van der Waals surface area contributed by atoms with E-state index in [0.29, 0.717) is 32.1 Å². The molecule has 0 unspecified atom stereocenters. The van der Waals surface area contributed by atoms with Gasteiger partial charge in [-0.1, -0.05) is 85.3 Å². The van der Waals surface area contributed by atoms with Crippen LogP contribution in [0.3, 0.4) is 0 Å². The second kappa shape index (κ2) is 15.9. The standard InChI is InChI=1S/C35H43N5O5S.ClH/c1-3-29(36)33(41)39-32-26(22-37-46(44,45)28-19-14-23(2)15-20-28)16-17-27-18-21-30(40(27)35(32)43)34(42)38-31(24-10-6-4-7-11-24)25-12-8-5-9-13-25;/h4-15,19-20,26-27,29-32,37H,3,16-18,21-22,36H2,1-2H3,(H,38,42)(H,39,41);1H/t26-,27+,29+,30+,32+;/m1./s1. The lowest BCUT2D eigenvalue weighted by Crippen LogP contribution is -2.59. The number of nitrogens with two attached hydrogens (primary N) is 1. The summed E-state index contributed by atoms with van der Waals surface area (Å²) in [5, 5.41) is 6.03. The van der Waals surface area contributed by atoms with E-state index in [9.17, 15) is 22.8 Å². The number of amides is 3. The Morgan fingerprint density at radius 1 is 0.894 bits per heavy atom. The van der Waals surface area contributed by atoms with Crippen LogP contribution in [-0.2, 0) is 24.4 Å². The van der Waals surface area contributed by atoms with Gasteiger partial charge in [0.2, 0.25) is 27.7 Å². The van der Waals surface area contributed by atoms with E-state index in [1.807, 2.05) is 67.6 Å². The molecule has 47 heavy (non-hydrogen) atoms. The van der Waals surface area contributed by atoms with Crippen LogP contribution >= 0.6 is 12.4 Å². The molecule has 3 amide bonds. The highest BCUT2D eigenvalue weighted by Gasteiger charge is 2.48. The van der Waals surface area contributed by atoms with Gasteiger partial charge in [0, 0.05) is 18.5 Å². The minimum Gasteiger partial charge on any atom is -0.343 e. The molecule has 0 radical (unpaired) electrons. The van der Waals surface area contributed by atoms with E-state index < -0.39 is 51.9 Å². The van der Waals surface area contributed by atoms with E-state index in [1.165, 1.54) is 12.1 Å². The van der Waals surface area contributed by atoms with Crippen LogP contribution < -0.4 is 21.1 Å². The van der Waals surface area contributed by atoms with Crippen molar-refractivity contribution in [1.82, 2.24) is 20.3 Å². The molecule has 0 saturated carbocycles. The molecule has 12 heteroatoms. The van der Waals surface area contributed by atoms with Crippen molar-refractivity contribution in [1.29, 1.82) is 0 Å². The second-order valence-electron chi connectivity index (χ2n) is 12.3. The number of nitrogens with one attached hydrogen (secondary N) is 3. The van der Waals surface area contributed by atoms with Gasteiger partial charge >= 0.3 is 0 Å². The number of halogens is 1. The van der Waals surface area contributed by atoms with Crippen LogP contribution in [0.5, 0.6) is 0 Å². The number of benzene rings is 3. The third-order valence-corrected chi connectivity index (χ3v) is 10.6. The Morgan fingerprint density at radius 2 is 1.47 bits per heavy atom. The lowest BCUT2D eigenvalue weighted by Gasteiger charge is -2.33. The summed E-state index contributed by atoms with van der Waals surface area (Å²) in [7, 11) is -3.86. The molecular weight excluding hydrogens is 638 g/mol. The molecule has 2 fully saturated rings. The lowest BCUT2D eigenvalue weighted by atomic mass is 9.93. The van der Waals surface area contributed by atoms with Gasteiger partial charge in [-0.2, -0.15) is 0 Å². The molecule has 0 bridgehead atoms. The fourth-order valence-corrected chi connectivity index (χ4v) is 7.54. The number of carbonyl (C=O) groups excluding carboxylic acids is 3. The van der Waals surface area contributed by atoms with Crippen molar-refractivity contribution >= 4 is 40.2 Å². The highest BCUT2D eigenvalue weighted by molar-refractivity contribution is 7.89. The number of hydrogen-bond donors (Lipinski definition) is 4. The Hall–Kier alpha value is -3.77. The highest BCUT2D eigenvalue weighted by atomic mass is 35.5. The summed E-state index contributed by atoms with van der Waals surface area (Å²) in [6.07, 6.45) is 2.52. The van der Waals surface area contributed by atoms with Crippen LogP contribution in [-0.4, -0.2) is 61.8 Å². The molecule has 2 aliphatic rings. The molecule has 0 aromatic heterocycles. The quantitative estimate of drug-likeness (QED) is 0.243. The minimum absolute atomic E-state index is 0. The number of rotatable bonds is 11. The van der Waals surface area contributed by atoms with E-state index in [0.717, 1.165) is 16.7 Å². The number of sulfonamides is 1. The molecule has 3 aromatic rings. The van der Waals surface area contributed by atoms with Crippen LogP contribution in [0.15, 0.2) is 89.8 Å². The van der Waals surface area contributed by atoms with Crippen LogP contribution in [0.2, 0.25) is 0 Å². The number of hydrogen-bond acceptors (Lipinski definition) is 6. The maximum Gasteiger partial charge on any atom is 0.246 e. The van der Waals surface area contributed by atoms with Crippen molar-refractivity contribution in [3.8, 4) is 0 Å². The van der Waals surface area contributed by atoms with E-state index in [2.05, 4.69) is 15.4 Å². The first-order chi connectivity index (χ1) is 22.1. The highest BCUT2D eigenvalue weighted by Crippen LogP contribution is 2.35. The monoisotopic (exact) mass is 681 g/mol. The zero-order valence-electron chi connectivity index (χ0n) is 26.7. The van der Waals surface area contributed by atoms with Crippen LogP contribution in [0.4, 0.5) is 0 Å². The Balaban J connectivity index is 0.00000500. The largest absolute Gasteiger partial charge is 0.343 e. The summed E-state index contributed by atoms with van der Waals surface area (Å²) >= 11 is 0. The molecule has 252 valence electrons. The summed E-state index contributed by atoms with van der Waals surface area (Å²) in [5.74, 6) is -1.70. The van der Waals surface area contributed by atoms with Crippen LogP contribution in [0.1, 0.15) is 61.8 Å². The van der Waals surface area contributed by atoms with Gasteiger partial charge in [-0.15, -0.1) is 12.4 Å². The number of fused-ring (bicyclic) bond motifs is 1. The normalized spacial score (nSPS) is 21.7. The van der Waals surface area contributed by atoms with Gasteiger partial charge in [0.15, 0.2) is 0 Å². The van der Waals surface area contributed by atoms with Crippen molar-refractivity contribution in [2.75, 3.05) is 6.54 Å². The Labute approximate surface area is 283 Å².